The Labute approximate surface area is 111 Å². The third-order valence-corrected chi connectivity index (χ3v) is 3.08. The van der Waals surface area contributed by atoms with Crippen LogP contribution in [-0.4, -0.2) is 19.7 Å². The molecule has 0 saturated heterocycles. The first-order valence-electron chi connectivity index (χ1n) is 5.03. The van der Waals surface area contributed by atoms with Crippen LogP contribution in [0.3, 0.4) is 0 Å². The van der Waals surface area contributed by atoms with Gasteiger partial charge in [-0.1, -0.05) is 23.8 Å². The number of halogens is 2. The van der Waals surface area contributed by atoms with E-state index < -0.39 is 5.82 Å². The molecule has 1 N–H and O–H groups in total. The van der Waals surface area contributed by atoms with Crippen LogP contribution in [-0.2, 0) is 0 Å². The fourth-order valence-corrected chi connectivity index (χ4v) is 2.06. The van der Waals surface area contributed by atoms with Crippen molar-refractivity contribution < 1.29 is 4.39 Å². The first-order valence-corrected chi connectivity index (χ1v) is 5.82. The molecular formula is C11H6ClFN4S. The number of nitrogens with zero attached hydrogens (tertiary/aromatic N) is 3. The Morgan fingerprint density at radius 1 is 1.39 bits per heavy atom. The fourth-order valence-electron chi connectivity index (χ4n) is 1.70. The lowest BCUT2D eigenvalue weighted by Crippen LogP contribution is -2.00. The summed E-state index contributed by atoms with van der Waals surface area (Å²) in [5.74, 6) is -0.455. The second-order valence-electron chi connectivity index (χ2n) is 3.62. The predicted octanol–water partition coefficient (Wildman–Crippen LogP) is 3.27. The highest BCUT2D eigenvalue weighted by atomic mass is 35.5. The first-order chi connectivity index (χ1) is 8.66. The molecule has 2 heterocycles. The van der Waals surface area contributed by atoms with Crippen molar-refractivity contribution in [2.24, 2.45) is 0 Å². The Morgan fingerprint density at radius 2 is 2.22 bits per heavy atom. The Kier molecular flexibility index (Phi) is 2.61. The van der Waals surface area contributed by atoms with Gasteiger partial charge >= 0.3 is 0 Å². The molecule has 0 saturated carbocycles. The SMILES string of the molecule is Fc1cc(Cl)ccc1-n1ncc2c(=S)nc[nH]c21. The fraction of sp³-hybridized carbons (Fsp3) is 0. The van der Waals surface area contributed by atoms with Crippen molar-refractivity contribution in [1.82, 2.24) is 19.7 Å². The number of benzene rings is 1. The lowest BCUT2D eigenvalue weighted by Gasteiger charge is -2.04. The molecule has 0 unspecified atom stereocenters. The van der Waals surface area contributed by atoms with Gasteiger partial charge < -0.3 is 4.98 Å². The zero-order chi connectivity index (χ0) is 12.7. The van der Waals surface area contributed by atoms with Crippen LogP contribution in [0, 0.1) is 10.5 Å². The summed E-state index contributed by atoms with van der Waals surface area (Å²) in [6.45, 7) is 0. The lowest BCUT2D eigenvalue weighted by molar-refractivity contribution is 0.612. The molecule has 7 heteroatoms. The van der Waals surface area contributed by atoms with Crippen molar-refractivity contribution in [2.45, 2.75) is 0 Å². The summed E-state index contributed by atoms with van der Waals surface area (Å²) in [4.78, 5) is 6.85. The van der Waals surface area contributed by atoms with Crippen LogP contribution in [0.15, 0.2) is 30.7 Å². The Morgan fingerprint density at radius 3 is 3.00 bits per heavy atom. The monoisotopic (exact) mass is 280 g/mol. The molecular weight excluding hydrogens is 275 g/mol. The van der Waals surface area contributed by atoms with Crippen molar-refractivity contribution >= 4 is 34.9 Å². The molecule has 0 radical (unpaired) electrons. The highest BCUT2D eigenvalue weighted by Crippen LogP contribution is 2.21. The molecule has 0 aliphatic heterocycles. The molecule has 1 aromatic carbocycles. The smallest absolute Gasteiger partial charge is 0.150 e. The van der Waals surface area contributed by atoms with Crippen molar-refractivity contribution in [3.63, 3.8) is 0 Å². The molecule has 0 aliphatic carbocycles. The van der Waals surface area contributed by atoms with Gasteiger partial charge in [0.05, 0.1) is 17.9 Å². The van der Waals surface area contributed by atoms with Gasteiger partial charge in [-0.25, -0.2) is 14.1 Å². The molecule has 0 atom stereocenters. The van der Waals surface area contributed by atoms with Crippen LogP contribution in [0.5, 0.6) is 0 Å². The Balaban J connectivity index is 2.32. The third kappa shape index (κ3) is 1.70. The summed E-state index contributed by atoms with van der Waals surface area (Å²) in [7, 11) is 0. The molecule has 0 amide bonds. The van der Waals surface area contributed by atoms with Gasteiger partial charge in [-0.05, 0) is 18.2 Å². The summed E-state index contributed by atoms with van der Waals surface area (Å²) >= 11 is 10.8. The van der Waals surface area contributed by atoms with E-state index in [1.54, 1.807) is 18.3 Å². The van der Waals surface area contributed by atoms with Crippen LogP contribution < -0.4 is 0 Å². The molecule has 0 aliphatic rings. The molecule has 0 spiro atoms. The molecule has 3 aromatic rings. The second kappa shape index (κ2) is 4.15. The number of fused-ring (bicyclic) bond motifs is 1. The van der Waals surface area contributed by atoms with Crippen LogP contribution in [0.4, 0.5) is 4.39 Å². The number of H-pyrrole nitrogens is 1. The van der Waals surface area contributed by atoms with Gasteiger partial charge in [0, 0.05) is 5.02 Å². The van der Waals surface area contributed by atoms with Gasteiger partial charge in [0.15, 0.2) is 0 Å². The van der Waals surface area contributed by atoms with Gasteiger partial charge in [-0.15, -0.1) is 0 Å². The Hall–Kier alpha value is -1.79. The van der Waals surface area contributed by atoms with Crippen molar-refractivity contribution in [3.8, 4) is 5.69 Å². The van der Waals surface area contributed by atoms with Crippen molar-refractivity contribution in [2.75, 3.05) is 0 Å². The van der Waals surface area contributed by atoms with E-state index in [4.69, 9.17) is 23.8 Å². The average molecular weight is 281 g/mol. The van der Waals surface area contributed by atoms with E-state index in [9.17, 15) is 4.39 Å². The van der Waals surface area contributed by atoms with Gasteiger partial charge in [0.1, 0.15) is 21.8 Å². The molecule has 3 rings (SSSR count). The maximum absolute atomic E-state index is 13.8. The zero-order valence-electron chi connectivity index (χ0n) is 8.89. The van der Waals surface area contributed by atoms with Crippen LogP contribution in [0.2, 0.25) is 5.02 Å². The number of nitrogens with one attached hydrogen (secondary N) is 1. The quantitative estimate of drug-likeness (QED) is 0.696. The van der Waals surface area contributed by atoms with Crippen molar-refractivity contribution in [3.05, 3.63) is 46.2 Å². The summed E-state index contributed by atoms with van der Waals surface area (Å²) < 4.78 is 15.7. The Bertz CT molecular complexity index is 795. The summed E-state index contributed by atoms with van der Waals surface area (Å²) in [6, 6.07) is 4.39. The van der Waals surface area contributed by atoms with E-state index in [0.717, 1.165) is 0 Å². The van der Waals surface area contributed by atoms with Gasteiger partial charge in [0.25, 0.3) is 0 Å². The first kappa shape index (κ1) is 11.3. The number of hydrogen-bond donors (Lipinski definition) is 1. The summed E-state index contributed by atoms with van der Waals surface area (Å²) in [6.07, 6.45) is 3.01. The molecule has 90 valence electrons. The van der Waals surface area contributed by atoms with E-state index in [-0.39, 0.29) is 0 Å². The average Bonchev–Trinajstić information content (AvgIpc) is 2.74. The number of rotatable bonds is 1. The normalized spacial score (nSPS) is 11.0. The van der Waals surface area contributed by atoms with E-state index in [2.05, 4.69) is 15.1 Å². The number of hydrogen-bond acceptors (Lipinski definition) is 3. The third-order valence-electron chi connectivity index (χ3n) is 2.52. The molecule has 4 nitrogen and oxygen atoms in total. The summed E-state index contributed by atoms with van der Waals surface area (Å²) in [5.41, 5.74) is 0.891. The zero-order valence-corrected chi connectivity index (χ0v) is 10.5. The number of aromatic nitrogens is 4. The topological polar surface area (TPSA) is 46.5 Å². The maximum Gasteiger partial charge on any atom is 0.150 e. The van der Waals surface area contributed by atoms with Gasteiger partial charge in [-0.3, -0.25) is 0 Å². The highest BCUT2D eigenvalue weighted by Gasteiger charge is 2.11. The van der Waals surface area contributed by atoms with E-state index >= 15 is 0 Å². The number of aromatic amines is 1. The molecule has 0 bridgehead atoms. The minimum Gasteiger partial charge on any atom is -0.330 e. The van der Waals surface area contributed by atoms with E-state index in [1.165, 1.54) is 17.1 Å². The minimum absolute atomic E-state index is 0.297. The van der Waals surface area contributed by atoms with Crippen LogP contribution in [0.25, 0.3) is 16.7 Å². The molecule has 2 aromatic heterocycles. The maximum atomic E-state index is 13.8. The van der Waals surface area contributed by atoms with Crippen molar-refractivity contribution in [1.29, 1.82) is 0 Å². The van der Waals surface area contributed by atoms with Gasteiger partial charge in [-0.2, -0.15) is 5.10 Å². The largest absolute Gasteiger partial charge is 0.330 e. The highest BCUT2D eigenvalue weighted by molar-refractivity contribution is 7.71. The minimum atomic E-state index is -0.455. The van der Waals surface area contributed by atoms with E-state index in [1.807, 2.05) is 0 Å². The predicted molar refractivity (Wildman–Crippen MR) is 69.0 cm³/mol. The van der Waals surface area contributed by atoms with Gasteiger partial charge in [0.2, 0.25) is 0 Å². The molecule has 18 heavy (non-hydrogen) atoms. The second-order valence-corrected chi connectivity index (χ2v) is 4.45. The lowest BCUT2D eigenvalue weighted by atomic mass is 10.3. The van der Waals surface area contributed by atoms with E-state index in [0.29, 0.717) is 26.4 Å². The standard InChI is InChI=1S/C11H6ClFN4S/c12-6-1-2-9(8(13)3-6)17-10-7(4-16-17)11(18)15-5-14-10/h1-5H,(H,14,15,18). The summed E-state index contributed by atoms with van der Waals surface area (Å²) in [5, 5.41) is 5.12. The molecule has 0 fully saturated rings. The van der Waals surface area contributed by atoms with Crippen LogP contribution >= 0.6 is 23.8 Å². The van der Waals surface area contributed by atoms with Crippen LogP contribution in [0.1, 0.15) is 0 Å².